The van der Waals surface area contributed by atoms with Crippen molar-refractivity contribution in [1.29, 1.82) is 0 Å². The van der Waals surface area contributed by atoms with Crippen molar-refractivity contribution in [2.75, 3.05) is 18.4 Å². The van der Waals surface area contributed by atoms with Gasteiger partial charge in [-0.1, -0.05) is 22.9 Å². The molecule has 0 bridgehead atoms. The number of alkyl halides is 1. The molecule has 1 amide bonds. The Labute approximate surface area is 103 Å². The molecule has 0 aromatic carbocycles. The number of halogens is 2. The van der Waals surface area contributed by atoms with Crippen LogP contribution in [0.15, 0.2) is 18.5 Å². The van der Waals surface area contributed by atoms with Gasteiger partial charge in [-0.15, -0.1) is 0 Å². The molecule has 1 aromatic rings. The first-order chi connectivity index (χ1) is 7.69. The van der Waals surface area contributed by atoms with E-state index in [2.05, 4.69) is 20.9 Å². The van der Waals surface area contributed by atoms with Gasteiger partial charge in [0.1, 0.15) is 5.82 Å². The first-order valence-corrected chi connectivity index (χ1v) is 6.27. The van der Waals surface area contributed by atoms with Crippen LogP contribution in [0.5, 0.6) is 0 Å². The second kappa shape index (κ2) is 6.58. The zero-order chi connectivity index (χ0) is 12.0. The molecule has 3 nitrogen and oxygen atoms in total. The zero-order valence-corrected chi connectivity index (χ0v) is 10.7. The van der Waals surface area contributed by atoms with Gasteiger partial charge in [0.05, 0.1) is 11.8 Å². The van der Waals surface area contributed by atoms with Crippen LogP contribution in [0.2, 0.25) is 0 Å². The molecule has 5 heteroatoms. The first-order valence-electron chi connectivity index (χ1n) is 5.14. The van der Waals surface area contributed by atoms with Crippen molar-refractivity contribution in [2.45, 2.75) is 13.3 Å². The van der Waals surface area contributed by atoms with Crippen LogP contribution in [0.1, 0.15) is 23.7 Å². The molecular weight excluding hydrogens is 275 g/mol. The highest BCUT2D eigenvalue weighted by Crippen LogP contribution is 2.06. The lowest BCUT2D eigenvalue weighted by atomic mass is 10.2. The molecule has 0 aliphatic carbocycles. The van der Waals surface area contributed by atoms with E-state index < -0.39 is 5.82 Å². The number of hydrogen-bond donors (Lipinski definition) is 0. The molecule has 1 aromatic heterocycles. The molecule has 1 rings (SSSR count). The molecule has 0 radical (unpaired) electrons. The van der Waals surface area contributed by atoms with Gasteiger partial charge in [0.25, 0.3) is 5.91 Å². The Morgan fingerprint density at radius 1 is 1.50 bits per heavy atom. The van der Waals surface area contributed by atoms with Crippen LogP contribution in [0.3, 0.4) is 0 Å². The highest BCUT2D eigenvalue weighted by atomic mass is 79.9. The van der Waals surface area contributed by atoms with Gasteiger partial charge in [0.2, 0.25) is 0 Å². The van der Waals surface area contributed by atoms with Gasteiger partial charge in [-0.05, 0) is 12.5 Å². The van der Waals surface area contributed by atoms with Crippen LogP contribution >= 0.6 is 15.9 Å². The van der Waals surface area contributed by atoms with Gasteiger partial charge in [-0.2, -0.15) is 0 Å². The van der Waals surface area contributed by atoms with Crippen molar-refractivity contribution in [3.63, 3.8) is 0 Å². The predicted molar refractivity (Wildman–Crippen MR) is 64.2 cm³/mol. The van der Waals surface area contributed by atoms with Crippen LogP contribution in [-0.2, 0) is 0 Å². The van der Waals surface area contributed by atoms with Gasteiger partial charge in [0, 0.05) is 24.6 Å². The molecule has 0 N–H and O–H groups in total. The molecule has 1 heterocycles. The quantitative estimate of drug-likeness (QED) is 0.780. The molecule has 16 heavy (non-hydrogen) atoms. The number of carbonyl (C=O) groups is 1. The second-order valence-electron chi connectivity index (χ2n) is 3.37. The molecule has 0 aliphatic rings. The fourth-order valence-electron chi connectivity index (χ4n) is 1.40. The molecule has 0 saturated carbocycles. The van der Waals surface area contributed by atoms with Crippen molar-refractivity contribution in [3.8, 4) is 0 Å². The third-order valence-electron chi connectivity index (χ3n) is 2.09. The summed E-state index contributed by atoms with van der Waals surface area (Å²) in [4.78, 5) is 17.3. The van der Waals surface area contributed by atoms with E-state index in [0.717, 1.165) is 12.6 Å². The Bertz CT molecular complexity index is 354. The molecule has 0 spiro atoms. The largest absolute Gasteiger partial charge is 0.338 e. The number of pyridine rings is 1. The number of carbonyl (C=O) groups excluding carboxylic acids is 1. The summed E-state index contributed by atoms with van der Waals surface area (Å²) in [5.41, 5.74) is 0.300. The zero-order valence-electron chi connectivity index (χ0n) is 9.12. The third-order valence-corrected chi connectivity index (χ3v) is 2.44. The summed E-state index contributed by atoms with van der Waals surface area (Å²) in [5, 5.41) is 0.710. The van der Waals surface area contributed by atoms with Gasteiger partial charge in [-0.3, -0.25) is 9.78 Å². The minimum Gasteiger partial charge on any atom is -0.338 e. The fourth-order valence-corrected chi connectivity index (χ4v) is 1.83. The fraction of sp³-hybridized carbons (Fsp3) is 0.455. The lowest BCUT2D eigenvalue weighted by molar-refractivity contribution is 0.0765. The van der Waals surface area contributed by atoms with Crippen molar-refractivity contribution in [3.05, 3.63) is 29.8 Å². The Kier molecular flexibility index (Phi) is 5.38. The van der Waals surface area contributed by atoms with E-state index in [-0.39, 0.29) is 5.91 Å². The van der Waals surface area contributed by atoms with Crippen LogP contribution < -0.4 is 0 Å². The van der Waals surface area contributed by atoms with Crippen molar-refractivity contribution in [1.82, 2.24) is 9.88 Å². The maximum atomic E-state index is 12.9. The van der Waals surface area contributed by atoms with E-state index in [1.54, 1.807) is 4.90 Å². The van der Waals surface area contributed by atoms with Crippen LogP contribution in [0.4, 0.5) is 4.39 Å². The summed E-state index contributed by atoms with van der Waals surface area (Å²) in [7, 11) is 0. The average molecular weight is 289 g/mol. The number of amides is 1. The van der Waals surface area contributed by atoms with Crippen molar-refractivity contribution < 1.29 is 9.18 Å². The lowest BCUT2D eigenvalue weighted by Gasteiger charge is -2.20. The van der Waals surface area contributed by atoms with Gasteiger partial charge in [0.15, 0.2) is 0 Å². The number of aromatic nitrogens is 1. The molecular formula is C11H14BrFN2O. The van der Waals surface area contributed by atoms with E-state index in [0.29, 0.717) is 24.0 Å². The molecule has 0 fully saturated rings. The molecule has 0 unspecified atom stereocenters. The Hall–Kier alpha value is -0.970. The normalized spacial score (nSPS) is 10.2. The van der Waals surface area contributed by atoms with E-state index in [1.807, 2.05) is 6.92 Å². The van der Waals surface area contributed by atoms with Crippen LogP contribution in [-0.4, -0.2) is 34.2 Å². The highest BCUT2D eigenvalue weighted by Gasteiger charge is 2.14. The number of hydrogen-bond acceptors (Lipinski definition) is 2. The summed E-state index contributed by atoms with van der Waals surface area (Å²) in [5.74, 6) is -0.658. The molecule has 0 saturated heterocycles. The standard InChI is InChI=1S/C11H14BrFN2O/c1-2-4-15(5-3-12)11(16)9-6-10(13)8-14-7-9/h6-8H,2-5H2,1H3. The van der Waals surface area contributed by atoms with Crippen LogP contribution in [0.25, 0.3) is 0 Å². The number of rotatable bonds is 5. The topological polar surface area (TPSA) is 33.2 Å². The Morgan fingerprint density at radius 2 is 2.25 bits per heavy atom. The SMILES string of the molecule is CCCN(CCBr)C(=O)c1cncc(F)c1. The van der Waals surface area contributed by atoms with Gasteiger partial charge >= 0.3 is 0 Å². The van der Waals surface area contributed by atoms with Crippen molar-refractivity contribution in [2.24, 2.45) is 0 Å². The van der Waals surface area contributed by atoms with E-state index >= 15 is 0 Å². The van der Waals surface area contributed by atoms with E-state index in [1.165, 1.54) is 12.3 Å². The molecule has 88 valence electrons. The van der Waals surface area contributed by atoms with Crippen LogP contribution in [0, 0.1) is 5.82 Å². The summed E-state index contributed by atoms with van der Waals surface area (Å²) >= 11 is 3.29. The van der Waals surface area contributed by atoms with E-state index in [4.69, 9.17) is 0 Å². The monoisotopic (exact) mass is 288 g/mol. The smallest absolute Gasteiger partial charge is 0.255 e. The maximum Gasteiger partial charge on any atom is 0.255 e. The van der Waals surface area contributed by atoms with Gasteiger partial charge in [-0.25, -0.2) is 4.39 Å². The van der Waals surface area contributed by atoms with E-state index in [9.17, 15) is 9.18 Å². The Morgan fingerprint density at radius 3 is 2.81 bits per heavy atom. The lowest BCUT2D eigenvalue weighted by Crippen LogP contribution is -2.33. The maximum absolute atomic E-state index is 12.9. The summed E-state index contributed by atoms with van der Waals surface area (Å²) in [6.45, 7) is 3.28. The first kappa shape index (κ1) is 13.1. The molecule has 0 atom stereocenters. The highest BCUT2D eigenvalue weighted by molar-refractivity contribution is 9.09. The Balaban J connectivity index is 2.81. The van der Waals surface area contributed by atoms with Crippen molar-refractivity contribution >= 4 is 21.8 Å². The molecule has 0 aliphatic heterocycles. The second-order valence-corrected chi connectivity index (χ2v) is 4.17. The predicted octanol–water partition coefficient (Wildman–Crippen LogP) is 2.47. The third kappa shape index (κ3) is 3.56. The van der Waals surface area contributed by atoms with Gasteiger partial charge < -0.3 is 4.90 Å². The summed E-state index contributed by atoms with van der Waals surface area (Å²) < 4.78 is 12.9. The number of nitrogens with zero attached hydrogens (tertiary/aromatic N) is 2. The average Bonchev–Trinajstić information content (AvgIpc) is 2.28. The summed E-state index contributed by atoms with van der Waals surface area (Å²) in [6.07, 6.45) is 3.36. The summed E-state index contributed by atoms with van der Waals surface area (Å²) in [6, 6.07) is 1.21. The minimum atomic E-state index is -0.485. The minimum absolute atomic E-state index is 0.173.